The summed E-state index contributed by atoms with van der Waals surface area (Å²) in [4.78, 5) is 211. The molecule has 0 saturated heterocycles. The second-order valence-corrected chi connectivity index (χ2v) is 23.4. The molecule has 0 radical (unpaired) electrons. The molecular weight excluding hydrogens is 1250 g/mol. The average Bonchev–Trinajstić information content (AvgIpc) is 1.00. The number of unbranched alkanes of at least 4 members (excludes halogenated alkanes) is 1. The molecule has 13 amide bonds. The summed E-state index contributed by atoms with van der Waals surface area (Å²) in [5.41, 5.74) is 29.0. The van der Waals surface area contributed by atoms with Gasteiger partial charge in [0.2, 0.25) is 76.8 Å². The lowest BCUT2D eigenvalue weighted by Crippen LogP contribution is -2.61. The molecule has 11 atom stereocenters. The maximum atomic E-state index is 14.3. The Morgan fingerprint density at radius 3 is 1.20 bits per heavy atom. The number of aromatic hydroxyl groups is 1. The highest BCUT2D eigenvalue weighted by Crippen LogP contribution is 2.15. The summed E-state index contributed by atoms with van der Waals surface area (Å²) in [6.07, 6.45) is -5.54. The number of aliphatic carboxylic acids is 3. The number of rotatable bonds is 44. The summed E-state index contributed by atoms with van der Waals surface area (Å²) >= 11 is 0. The zero-order chi connectivity index (χ0) is 71.8. The lowest BCUT2D eigenvalue weighted by Gasteiger charge is -2.27. The maximum absolute atomic E-state index is 14.3. The predicted molar refractivity (Wildman–Crippen MR) is 335 cm³/mol. The number of phenolic OH excluding ortho intramolecular Hbond substituents is 1. The zero-order valence-electron chi connectivity index (χ0n) is 53.3. The number of amides is 13. The van der Waals surface area contributed by atoms with Crippen LogP contribution in [0, 0.1) is 11.8 Å². The van der Waals surface area contributed by atoms with E-state index in [2.05, 4.69) is 53.2 Å². The van der Waals surface area contributed by atoms with Gasteiger partial charge in [-0.3, -0.25) is 71.9 Å². The van der Waals surface area contributed by atoms with Crippen LogP contribution in [-0.4, -0.2) is 188 Å². The van der Waals surface area contributed by atoms with E-state index in [4.69, 9.17) is 28.7 Å². The first kappa shape index (κ1) is 80.8. The quantitative estimate of drug-likeness (QED) is 0.0276. The van der Waals surface area contributed by atoms with Crippen LogP contribution in [0.4, 0.5) is 0 Å². The second-order valence-electron chi connectivity index (χ2n) is 23.4. The number of primary amides is 3. The SMILES string of the molecule is CC(C)C[C@H](NC(=O)[C@H](CCCCN)NC(=O)[C@H](CC(N)=O)NC(=O)[C@H](CCC(=O)O)NC(=O)[C@H](C)NC(=O)[C@H](CC(=O)O)NC(=O)[C@H](Cc1ccc(O)cc1)NC(=O)[C@H](CC(N)=O)NC(=O)[C@H](CC(N)=O)NC(=O)[C@H](CC(C)C)NC(=O)[C@@H](N)Cc1ccccc1)C(=O)O. The van der Waals surface area contributed by atoms with Gasteiger partial charge in [-0.15, -0.1) is 0 Å². The van der Waals surface area contributed by atoms with Crippen molar-refractivity contribution in [3.8, 4) is 5.75 Å². The van der Waals surface area contributed by atoms with Crippen molar-refractivity contribution >= 4 is 94.7 Å². The van der Waals surface area contributed by atoms with E-state index in [1.807, 2.05) is 0 Å². The van der Waals surface area contributed by atoms with Crippen LogP contribution < -0.4 is 81.8 Å². The number of carbonyl (C=O) groups excluding carboxylic acids is 13. The minimum absolute atomic E-state index is 0.00499. The minimum Gasteiger partial charge on any atom is -0.508 e. The van der Waals surface area contributed by atoms with Crippen LogP contribution in [0.3, 0.4) is 0 Å². The van der Waals surface area contributed by atoms with Crippen molar-refractivity contribution in [2.45, 2.75) is 185 Å². The molecule has 0 saturated carbocycles. The van der Waals surface area contributed by atoms with Crippen LogP contribution >= 0.6 is 0 Å². The number of nitrogens with one attached hydrogen (secondary N) is 10. The molecule has 2 aromatic rings. The molecule has 0 aromatic heterocycles. The van der Waals surface area contributed by atoms with Gasteiger partial charge in [0.05, 0.1) is 31.7 Å². The molecule has 524 valence electrons. The predicted octanol–water partition coefficient (Wildman–Crippen LogP) is -5.36. The Bertz CT molecular complexity index is 3040. The molecular formula is C60H89N15O20. The highest BCUT2D eigenvalue weighted by atomic mass is 16.4. The van der Waals surface area contributed by atoms with Gasteiger partial charge in [0.25, 0.3) is 0 Å². The van der Waals surface area contributed by atoms with Gasteiger partial charge in [-0.25, -0.2) is 4.79 Å². The summed E-state index contributed by atoms with van der Waals surface area (Å²) in [5.74, 6) is -20.6. The smallest absolute Gasteiger partial charge is 0.326 e. The van der Waals surface area contributed by atoms with Crippen molar-refractivity contribution in [2.75, 3.05) is 6.54 Å². The van der Waals surface area contributed by atoms with E-state index in [0.717, 1.165) is 6.92 Å². The Morgan fingerprint density at radius 1 is 0.389 bits per heavy atom. The fourth-order valence-electron chi connectivity index (χ4n) is 9.21. The fraction of sp³-hybridized carbons (Fsp3) is 0.533. The average molecular weight is 1340 g/mol. The van der Waals surface area contributed by atoms with Crippen LogP contribution in [0.2, 0.25) is 0 Å². The van der Waals surface area contributed by atoms with Crippen LogP contribution in [0.5, 0.6) is 5.75 Å². The van der Waals surface area contributed by atoms with E-state index in [0.29, 0.717) is 12.0 Å². The molecule has 2 rings (SSSR count). The Hall–Kier alpha value is -10.3. The summed E-state index contributed by atoms with van der Waals surface area (Å²) in [5, 5.41) is 61.9. The normalized spacial score (nSPS) is 14.5. The molecule has 0 aliphatic heterocycles. The number of benzene rings is 2. The summed E-state index contributed by atoms with van der Waals surface area (Å²) in [6, 6.07) is -5.11. The van der Waals surface area contributed by atoms with Gasteiger partial charge in [0.15, 0.2) is 0 Å². The Balaban J connectivity index is 2.46. The summed E-state index contributed by atoms with van der Waals surface area (Å²) in [7, 11) is 0. The van der Waals surface area contributed by atoms with Gasteiger partial charge in [0, 0.05) is 12.8 Å². The number of carboxylic acid groups (broad SMARTS) is 3. The molecule has 0 fully saturated rings. The van der Waals surface area contributed by atoms with E-state index in [-0.39, 0.29) is 61.8 Å². The van der Waals surface area contributed by atoms with E-state index in [9.17, 15) is 97.1 Å². The molecule has 0 bridgehead atoms. The lowest BCUT2D eigenvalue weighted by molar-refractivity contribution is -0.143. The lowest BCUT2D eigenvalue weighted by atomic mass is 10.0. The molecule has 35 heteroatoms. The molecule has 0 spiro atoms. The van der Waals surface area contributed by atoms with Crippen molar-refractivity contribution in [1.82, 2.24) is 53.2 Å². The number of carboxylic acids is 3. The summed E-state index contributed by atoms with van der Waals surface area (Å²) in [6.45, 7) is 8.05. The van der Waals surface area contributed by atoms with Gasteiger partial charge in [-0.05, 0) is 93.5 Å². The first-order valence-corrected chi connectivity index (χ1v) is 30.3. The van der Waals surface area contributed by atoms with Crippen molar-refractivity contribution in [3.63, 3.8) is 0 Å². The van der Waals surface area contributed by atoms with E-state index in [1.165, 1.54) is 24.3 Å². The largest absolute Gasteiger partial charge is 0.508 e. The van der Waals surface area contributed by atoms with Crippen LogP contribution in [-0.2, 0) is 89.6 Å². The van der Waals surface area contributed by atoms with Gasteiger partial charge >= 0.3 is 17.9 Å². The molecule has 0 aliphatic carbocycles. The molecule has 24 N–H and O–H groups in total. The number of hydrogen-bond donors (Lipinski definition) is 19. The Kier molecular flexibility index (Phi) is 34.5. The first-order chi connectivity index (χ1) is 44.5. The van der Waals surface area contributed by atoms with Gasteiger partial charge < -0.3 is 102 Å². The maximum Gasteiger partial charge on any atom is 0.326 e. The Labute approximate surface area is 546 Å². The monoisotopic (exact) mass is 1340 g/mol. The van der Waals surface area contributed by atoms with Crippen molar-refractivity contribution in [3.05, 3.63) is 65.7 Å². The first-order valence-electron chi connectivity index (χ1n) is 30.3. The van der Waals surface area contributed by atoms with Gasteiger partial charge in [0.1, 0.15) is 66.2 Å². The molecule has 95 heavy (non-hydrogen) atoms. The third kappa shape index (κ3) is 31.2. The van der Waals surface area contributed by atoms with Crippen molar-refractivity contribution < 1.29 is 97.1 Å². The highest BCUT2D eigenvalue weighted by Gasteiger charge is 2.38. The van der Waals surface area contributed by atoms with Gasteiger partial charge in [-0.1, -0.05) is 70.2 Å². The molecule has 35 nitrogen and oxygen atoms in total. The number of hydrogen-bond acceptors (Lipinski definition) is 19. The van der Waals surface area contributed by atoms with E-state index >= 15 is 0 Å². The molecule has 0 aliphatic rings. The third-order valence-corrected chi connectivity index (χ3v) is 14.0. The van der Waals surface area contributed by atoms with E-state index < -0.39 is 206 Å². The second kappa shape index (κ2) is 40.6. The van der Waals surface area contributed by atoms with Gasteiger partial charge in [-0.2, -0.15) is 0 Å². The zero-order valence-corrected chi connectivity index (χ0v) is 53.3. The highest BCUT2D eigenvalue weighted by molar-refractivity contribution is 6.01. The fourth-order valence-corrected chi connectivity index (χ4v) is 9.21. The van der Waals surface area contributed by atoms with Crippen LogP contribution in [0.25, 0.3) is 0 Å². The van der Waals surface area contributed by atoms with Crippen LogP contribution in [0.1, 0.15) is 116 Å². The molecule has 2 aromatic carbocycles. The van der Waals surface area contributed by atoms with Crippen molar-refractivity contribution in [2.24, 2.45) is 40.5 Å². The minimum atomic E-state index is -2.12. The summed E-state index contributed by atoms with van der Waals surface area (Å²) < 4.78 is 0. The molecule has 0 unspecified atom stereocenters. The number of carbonyl (C=O) groups is 16. The van der Waals surface area contributed by atoms with Crippen LogP contribution in [0.15, 0.2) is 54.6 Å². The van der Waals surface area contributed by atoms with E-state index in [1.54, 1.807) is 58.0 Å². The molecule has 0 heterocycles. The van der Waals surface area contributed by atoms with Crippen molar-refractivity contribution in [1.29, 1.82) is 0 Å². The standard InChI is InChI=1S/C60H89N15O20/c1-29(2)21-38(69-51(85)35(62)23-32-11-7-6-8-12-32)55(89)72-42(27-47(65)79)59(93)73-41(26-46(64)78)58(92)70-39(24-33-14-16-34(76)17-15-33)56(90)74-43(28-49(82)83)54(88)66-31(5)50(84)67-37(18-19-48(80)81)53(87)71-40(25-45(63)77)57(91)68-36(13-9-10-20-61)52(86)75-44(60(94)95)22-30(3)4/h6-8,11-12,14-17,29-31,35-44,76H,9-10,13,18-28,61-62H2,1-5H3,(H2,63,77)(H2,64,78)(H2,65,79)(H,66,88)(H,67,84)(H,68,91)(H,69,85)(H,70,92)(H,71,87)(H,72,89)(H,73,93)(H,74,90)(H,75,86)(H,80,81)(H,82,83)(H,94,95)/t31-,35-,36-,37-,38-,39-,40-,41-,42-,43-,44-/m0/s1. The number of nitrogens with two attached hydrogens (primary N) is 5. The number of phenols is 1. The topological polar surface area (TPSA) is 604 Å². The Morgan fingerprint density at radius 2 is 0.758 bits per heavy atom. The third-order valence-electron chi connectivity index (χ3n) is 14.0.